The van der Waals surface area contributed by atoms with E-state index in [1.165, 1.54) is 10.8 Å². The second-order valence-electron chi connectivity index (χ2n) is 4.26. The highest BCUT2D eigenvalue weighted by atomic mass is 16.6. The van der Waals surface area contributed by atoms with E-state index in [4.69, 9.17) is 0 Å². The van der Waals surface area contributed by atoms with Gasteiger partial charge in [-0.05, 0) is 11.3 Å². The molecule has 2 heterocycles. The van der Waals surface area contributed by atoms with Crippen LogP contribution in [0.3, 0.4) is 0 Å². The van der Waals surface area contributed by atoms with Crippen LogP contribution in [0.4, 0.5) is 5.82 Å². The summed E-state index contributed by atoms with van der Waals surface area (Å²) in [5.41, 5.74) is 0. The summed E-state index contributed by atoms with van der Waals surface area (Å²) in [4.78, 5) is 27.4. The van der Waals surface area contributed by atoms with Crippen molar-refractivity contribution in [3.05, 3.63) is 28.6 Å². The second-order valence-corrected chi connectivity index (χ2v) is 4.26. The van der Waals surface area contributed by atoms with E-state index in [-0.39, 0.29) is 11.7 Å². The predicted molar refractivity (Wildman–Crippen MR) is 63.7 cm³/mol. The lowest BCUT2D eigenvalue weighted by Crippen LogP contribution is -2.27. The molecular formula is C11H15N4O3. The van der Waals surface area contributed by atoms with E-state index in [2.05, 4.69) is 4.98 Å². The summed E-state index contributed by atoms with van der Waals surface area (Å²) >= 11 is 0. The molecule has 2 rings (SSSR count). The molecule has 0 saturated carbocycles. The Bertz CT molecular complexity index is 469. The third-order valence-corrected chi connectivity index (χ3v) is 3.05. The molecule has 1 amide bonds. The number of imidazole rings is 1. The minimum atomic E-state index is -0.450. The normalized spacial score (nSPS) is 15.4. The largest absolute Gasteiger partial charge is 0.358 e. The Morgan fingerprint density at radius 2 is 2.33 bits per heavy atom. The maximum atomic E-state index is 11.4. The zero-order valence-electron chi connectivity index (χ0n) is 10.2. The molecule has 1 radical (unpaired) electrons. The van der Waals surface area contributed by atoms with Crippen LogP contribution in [0.1, 0.15) is 18.7 Å². The van der Waals surface area contributed by atoms with Gasteiger partial charge in [0.15, 0.2) is 5.82 Å². The summed E-state index contributed by atoms with van der Waals surface area (Å²) in [5.74, 6) is 0.741. The predicted octanol–water partition coefficient (Wildman–Crippen LogP) is 0.926. The quantitative estimate of drug-likeness (QED) is 0.575. The zero-order chi connectivity index (χ0) is 13.1. The number of hydrogen-bond donors (Lipinski definition) is 0. The van der Waals surface area contributed by atoms with Crippen LogP contribution in [-0.2, 0) is 11.3 Å². The summed E-state index contributed by atoms with van der Waals surface area (Å²) in [6, 6.07) is 0. The Labute approximate surface area is 105 Å². The van der Waals surface area contributed by atoms with Gasteiger partial charge in [0.1, 0.15) is 6.20 Å². The Kier molecular flexibility index (Phi) is 3.59. The highest BCUT2D eigenvalue weighted by molar-refractivity contribution is 5.78. The van der Waals surface area contributed by atoms with Gasteiger partial charge in [-0.1, -0.05) is 0 Å². The van der Waals surface area contributed by atoms with Crippen LogP contribution in [-0.4, -0.2) is 38.4 Å². The number of rotatable bonds is 5. The number of amides is 1. The third-order valence-electron chi connectivity index (χ3n) is 3.05. The number of carbonyl (C=O) groups excluding carboxylic acids is 1. The van der Waals surface area contributed by atoms with Gasteiger partial charge in [-0.3, -0.25) is 4.79 Å². The van der Waals surface area contributed by atoms with E-state index in [1.54, 1.807) is 11.8 Å². The molecular weight excluding hydrogens is 236 g/mol. The molecule has 0 bridgehead atoms. The summed E-state index contributed by atoms with van der Waals surface area (Å²) < 4.78 is 1.53. The fourth-order valence-corrected chi connectivity index (χ4v) is 2.07. The number of aromatic nitrogens is 2. The van der Waals surface area contributed by atoms with Crippen LogP contribution >= 0.6 is 0 Å². The molecule has 18 heavy (non-hydrogen) atoms. The van der Waals surface area contributed by atoms with Crippen molar-refractivity contribution in [2.75, 3.05) is 13.1 Å². The lowest BCUT2D eigenvalue weighted by Gasteiger charge is -2.14. The van der Waals surface area contributed by atoms with Gasteiger partial charge < -0.3 is 15.0 Å². The van der Waals surface area contributed by atoms with Gasteiger partial charge in [0.25, 0.3) is 0 Å². The molecule has 0 unspecified atom stereocenters. The minimum absolute atomic E-state index is 0.0171. The first-order valence-electron chi connectivity index (χ1n) is 5.85. The number of carbonyl (C=O) groups is 1. The fraction of sp³-hybridized carbons (Fsp3) is 0.545. The van der Waals surface area contributed by atoms with Gasteiger partial charge in [0.05, 0.1) is 6.54 Å². The molecule has 7 heteroatoms. The first kappa shape index (κ1) is 12.5. The Morgan fingerprint density at radius 1 is 1.56 bits per heavy atom. The molecule has 0 aromatic carbocycles. The topological polar surface area (TPSA) is 81.3 Å². The van der Waals surface area contributed by atoms with E-state index in [0.717, 1.165) is 13.0 Å². The summed E-state index contributed by atoms with van der Waals surface area (Å²) in [5, 5.41) is 10.8. The molecule has 1 aromatic heterocycles. The van der Waals surface area contributed by atoms with Crippen LogP contribution in [0, 0.1) is 23.5 Å². The minimum Gasteiger partial charge on any atom is -0.358 e. The Morgan fingerprint density at radius 3 is 2.94 bits per heavy atom. The number of nitrogens with zero attached hydrogens (tertiary/aromatic N) is 4. The van der Waals surface area contributed by atoms with Gasteiger partial charge in [-0.2, -0.15) is 0 Å². The molecule has 1 fully saturated rings. The van der Waals surface area contributed by atoms with Gasteiger partial charge in [-0.25, -0.2) is 9.55 Å². The van der Waals surface area contributed by atoms with E-state index in [0.29, 0.717) is 25.3 Å². The van der Waals surface area contributed by atoms with Gasteiger partial charge in [0, 0.05) is 32.9 Å². The molecule has 1 aliphatic rings. The van der Waals surface area contributed by atoms with Crippen molar-refractivity contribution < 1.29 is 9.72 Å². The van der Waals surface area contributed by atoms with Crippen molar-refractivity contribution in [3.63, 3.8) is 0 Å². The first-order valence-corrected chi connectivity index (χ1v) is 5.85. The average Bonchev–Trinajstić information content (AvgIpc) is 2.87. The van der Waals surface area contributed by atoms with Gasteiger partial charge >= 0.3 is 5.82 Å². The maximum Gasteiger partial charge on any atom is 0.342 e. The number of hydrogen-bond acceptors (Lipinski definition) is 4. The van der Waals surface area contributed by atoms with Gasteiger partial charge in [0.2, 0.25) is 5.91 Å². The third kappa shape index (κ3) is 2.49. The van der Waals surface area contributed by atoms with Crippen molar-refractivity contribution in [1.82, 2.24) is 14.5 Å². The average molecular weight is 251 g/mol. The van der Waals surface area contributed by atoms with Crippen molar-refractivity contribution in [2.45, 2.75) is 26.3 Å². The highest BCUT2D eigenvalue weighted by Gasteiger charge is 2.21. The molecule has 0 atom stereocenters. The molecule has 0 N–H and O–H groups in total. The molecule has 0 spiro atoms. The lowest BCUT2D eigenvalue weighted by atomic mass is 10.3. The van der Waals surface area contributed by atoms with Crippen LogP contribution in [0.5, 0.6) is 0 Å². The smallest absolute Gasteiger partial charge is 0.342 e. The number of nitro groups is 1. The number of likely N-dealkylation sites (tertiary alicyclic amines) is 1. The molecule has 1 saturated heterocycles. The van der Waals surface area contributed by atoms with E-state index < -0.39 is 4.92 Å². The summed E-state index contributed by atoms with van der Waals surface area (Å²) in [7, 11) is 0. The molecule has 7 nitrogen and oxygen atoms in total. The van der Waals surface area contributed by atoms with Crippen LogP contribution < -0.4 is 0 Å². The Hall–Kier alpha value is -1.92. The van der Waals surface area contributed by atoms with E-state index >= 15 is 0 Å². The molecule has 1 aromatic rings. The zero-order valence-corrected chi connectivity index (χ0v) is 10.2. The second kappa shape index (κ2) is 5.16. The van der Waals surface area contributed by atoms with Crippen molar-refractivity contribution in [3.8, 4) is 0 Å². The maximum absolute atomic E-state index is 11.4. The first-order chi connectivity index (χ1) is 8.59. The van der Waals surface area contributed by atoms with Crippen molar-refractivity contribution >= 4 is 11.7 Å². The van der Waals surface area contributed by atoms with Gasteiger partial charge in [-0.15, -0.1) is 0 Å². The summed E-state index contributed by atoms with van der Waals surface area (Å²) in [6.07, 6.45) is 4.63. The highest BCUT2D eigenvalue weighted by Crippen LogP contribution is 2.15. The van der Waals surface area contributed by atoms with Crippen LogP contribution in [0.25, 0.3) is 0 Å². The van der Waals surface area contributed by atoms with E-state index in [9.17, 15) is 14.9 Å². The SMILES string of the molecule is Cc1ncc([N+](=O)[O-])n1C[CH]CN1CCCC1=O. The monoisotopic (exact) mass is 251 g/mol. The van der Waals surface area contributed by atoms with Crippen LogP contribution in [0.2, 0.25) is 0 Å². The van der Waals surface area contributed by atoms with Crippen molar-refractivity contribution in [1.29, 1.82) is 0 Å². The fourth-order valence-electron chi connectivity index (χ4n) is 2.07. The molecule has 0 aliphatic carbocycles. The standard InChI is InChI=1S/C11H15N4O3/c1-9-12-8-10(15(17)18)14(9)7-3-6-13-5-2-4-11(13)16/h3,8H,2,4-7H2,1H3. The lowest BCUT2D eigenvalue weighted by molar-refractivity contribution is -0.392. The molecule has 1 aliphatic heterocycles. The number of aryl methyl sites for hydroxylation is 1. The van der Waals surface area contributed by atoms with Crippen molar-refractivity contribution in [2.24, 2.45) is 0 Å². The Balaban J connectivity index is 1.92. The van der Waals surface area contributed by atoms with Crippen LogP contribution in [0.15, 0.2) is 6.20 Å². The molecule has 97 valence electrons. The summed E-state index contributed by atoms with van der Waals surface area (Å²) in [6.45, 7) is 3.43. The van der Waals surface area contributed by atoms with E-state index in [1.807, 2.05) is 6.42 Å².